The highest BCUT2D eigenvalue weighted by Gasteiger charge is 2.20. The van der Waals surface area contributed by atoms with Gasteiger partial charge in [0, 0.05) is 26.2 Å². The second kappa shape index (κ2) is 9.01. The molecule has 0 aliphatic carbocycles. The van der Waals surface area contributed by atoms with Gasteiger partial charge >= 0.3 is 0 Å². The average Bonchev–Trinajstić information content (AvgIpc) is 3.02. The molecule has 0 atom stereocenters. The van der Waals surface area contributed by atoms with Crippen LogP contribution in [0.15, 0.2) is 36.4 Å². The first kappa shape index (κ1) is 18.7. The summed E-state index contributed by atoms with van der Waals surface area (Å²) < 4.78 is 13.5. The van der Waals surface area contributed by atoms with Gasteiger partial charge in [0.2, 0.25) is 5.88 Å². The summed E-state index contributed by atoms with van der Waals surface area (Å²) in [4.78, 5) is 14.6. The number of benzene rings is 1. The lowest BCUT2D eigenvalue weighted by atomic mass is 10.1. The molecule has 0 spiro atoms. The molecule has 1 fully saturated rings. The minimum absolute atomic E-state index is 0.0394. The van der Waals surface area contributed by atoms with Crippen molar-refractivity contribution in [3.8, 4) is 17.1 Å². The summed E-state index contributed by atoms with van der Waals surface area (Å²) in [5, 5.41) is 0. The zero-order chi connectivity index (χ0) is 18.4. The van der Waals surface area contributed by atoms with E-state index >= 15 is 0 Å². The number of hydrogen-bond donors (Lipinski definition) is 0. The fraction of sp³-hybridized carbons (Fsp3) is 0.476. The first-order valence-corrected chi connectivity index (χ1v) is 9.43. The number of nitrogens with zero attached hydrogens (tertiary/aromatic N) is 2. The summed E-state index contributed by atoms with van der Waals surface area (Å²) in [6.45, 7) is 9.57. The van der Waals surface area contributed by atoms with Gasteiger partial charge in [-0.15, -0.1) is 0 Å². The Morgan fingerprint density at radius 2 is 1.88 bits per heavy atom. The molecule has 140 valence electrons. The summed E-state index contributed by atoms with van der Waals surface area (Å²) in [7, 11) is 0. The highest BCUT2D eigenvalue weighted by molar-refractivity contribution is 5.98. The SMILES string of the molecule is CCOc1c(C(C)=O)cc(-c2ccccc2)n1CCCN1CCOCC1. The summed E-state index contributed by atoms with van der Waals surface area (Å²) in [6.07, 6.45) is 1.01. The Morgan fingerprint density at radius 1 is 1.15 bits per heavy atom. The van der Waals surface area contributed by atoms with Crippen molar-refractivity contribution in [3.63, 3.8) is 0 Å². The molecular formula is C21H28N2O3. The lowest BCUT2D eigenvalue weighted by Gasteiger charge is -2.26. The third-order valence-electron chi connectivity index (χ3n) is 4.74. The molecule has 1 aliphatic heterocycles. The van der Waals surface area contributed by atoms with Gasteiger partial charge in [-0.1, -0.05) is 30.3 Å². The normalized spacial score (nSPS) is 15.2. The second-order valence-electron chi connectivity index (χ2n) is 6.56. The molecule has 0 bridgehead atoms. The Bertz CT molecular complexity index is 718. The standard InChI is InChI=1S/C21H28N2O3/c1-3-26-21-19(17(2)24)16-20(18-8-5-4-6-9-18)23(21)11-7-10-22-12-14-25-15-13-22/h4-6,8-9,16H,3,7,10-15H2,1-2H3. The van der Waals surface area contributed by atoms with Gasteiger partial charge in [0.1, 0.15) is 0 Å². The number of carbonyl (C=O) groups excluding carboxylic acids is 1. The van der Waals surface area contributed by atoms with Crippen LogP contribution in [0.1, 0.15) is 30.6 Å². The van der Waals surface area contributed by atoms with Gasteiger partial charge in [0.25, 0.3) is 0 Å². The van der Waals surface area contributed by atoms with Crippen molar-refractivity contribution in [2.45, 2.75) is 26.8 Å². The van der Waals surface area contributed by atoms with E-state index in [1.807, 2.05) is 31.2 Å². The van der Waals surface area contributed by atoms with Crippen LogP contribution >= 0.6 is 0 Å². The third kappa shape index (κ3) is 4.34. The molecule has 1 aromatic heterocycles. The van der Waals surface area contributed by atoms with Crippen molar-refractivity contribution >= 4 is 5.78 Å². The molecule has 0 N–H and O–H groups in total. The monoisotopic (exact) mass is 356 g/mol. The van der Waals surface area contributed by atoms with Gasteiger partial charge in [0.05, 0.1) is 31.1 Å². The third-order valence-corrected chi connectivity index (χ3v) is 4.74. The molecule has 26 heavy (non-hydrogen) atoms. The second-order valence-corrected chi connectivity index (χ2v) is 6.56. The van der Waals surface area contributed by atoms with Crippen molar-refractivity contribution < 1.29 is 14.3 Å². The quantitative estimate of drug-likeness (QED) is 0.679. The van der Waals surface area contributed by atoms with Gasteiger partial charge < -0.3 is 14.0 Å². The molecule has 0 saturated carbocycles. The number of aromatic nitrogens is 1. The first-order valence-electron chi connectivity index (χ1n) is 9.43. The molecule has 2 aromatic rings. The predicted molar refractivity (Wildman–Crippen MR) is 103 cm³/mol. The van der Waals surface area contributed by atoms with Crippen LogP contribution < -0.4 is 4.74 Å². The van der Waals surface area contributed by atoms with Crippen molar-refractivity contribution in [1.29, 1.82) is 0 Å². The molecule has 0 amide bonds. The lowest BCUT2D eigenvalue weighted by Crippen LogP contribution is -2.37. The Morgan fingerprint density at radius 3 is 2.54 bits per heavy atom. The van der Waals surface area contributed by atoms with Gasteiger partial charge in [-0.2, -0.15) is 0 Å². The van der Waals surface area contributed by atoms with Gasteiger partial charge in [-0.25, -0.2) is 0 Å². The van der Waals surface area contributed by atoms with E-state index in [1.165, 1.54) is 0 Å². The number of Topliss-reactive ketones (excluding diaryl/α,β-unsaturated/α-hetero) is 1. The fourth-order valence-corrected chi connectivity index (χ4v) is 3.42. The van der Waals surface area contributed by atoms with E-state index in [0.717, 1.165) is 57.1 Å². The number of hydrogen-bond acceptors (Lipinski definition) is 4. The molecule has 0 radical (unpaired) electrons. The van der Waals surface area contributed by atoms with Crippen LogP contribution in [-0.2, 0) is 11.3 Å². The largest absolute Gasteiger partial charge is 0.479 e. The van der Waals surface area contributed by atoms with Crippen LogP contribution in [0.5, 0.6) is 5.88 Å². The minimum Gasteiger partial charge on any atom is -0.479 e. The number of ether oxygens (including phenoxy) is 2. The Kier molecular flexibility index (Phi) is 6.47. The molecule has 1 saturated heterocycles. The smallest absolute Gasteiger partial charge is 0.205 e. The van der Waals surface area contributed by atoms with Crippen molar-refractivity contribution in [3.05, 3.63) is 42.0 Å². The van der Waals surface area contributed by atoms with Gasteiger partial charge in [-0.3, -0.25) is 9.69 Å². The molecule has 5 heteroatoms. The van der Waals surface area contributed by atoms with Crippen LogP contribution in [0.2, 0.25) is 0 Å². The zero-order valence-electron chi connectivity index (χ0n) is 15.7. The highest BCUT2D eigenvalue weighted by Crippen LogP contribution is 2.32. The molecule has 2 heterocycles. The van der Waals surface area contributed by atoms with E-state index in [1.54, 1.807) is 6.92 Å². The van der Waals surface area contributed by atoms with Crippen LogP contribution in [-0.4, -0.2) is 54.7 Å². The lowest BCUT2D eigenvalue weighted by molar-refractivity contribution is 0.0368. The van der Waals surface area contributed by atoms with E-state index in [0.29, 0.717) is 18.1 Å². The summed E-state index contributed by atoms with van der Waals surface area (Å²) in [6, 6.07) is 12.2. The molecule has 0 unspecified atom stereocenters. The Balaban J connectivity index is 1.85. The summed E-state index contributed by atoms with van der Waals surface area (Å²) >= 11 is 0. The molecule has 1 aromatic carbocycles. The number of ketones is 1. The fourth-order valence-electron chi connectivity index (χ4n) is 3.42. The van der Waals surface area contributed by atoms with Crippen LogP contribution in [0, 0.1) is 0 Å². The van der Waals surface area contributed by atoms with E-state index < -0.39 is 0 Å². The zero-order valence-corrected chi connectivity index (χ0v) is 15.7. The highest BCUT2D eigenvalue weighted by atomic mass is 16.5. The Labute approximate surface area is 155 Å². The molecular weight excluding hydrogens is 328 g/mol. The van der Waals surface area contributed by atoms with Crippen molar-refractivity contribution in [1.82, 2.24) is 9.47 Å². The van der Waals surface area contributed by atoms with E-state index in [9.17, 15) is 4.79 Å². The van der Waals surface area contributed by atoms with E-state index in [-0.39, 0.29) is 5.78 Å². The summed E-state index contributed by atoms with van der Waals surface area (Å²) in [5.74, 6) is 0.735. The van der Waals surface area contributed by atoms with Crippen LogP contribution in [0.3, 0.4) is 0 Å². The summed E-state index contributed by atoms with van der Waals surface area (Å²) in [5.41, 5.74) is 2.81. The predicted octanol–water partition coefficient (Wildman–Crippen LogP) is 3.48. The van der Waals surface area contributed by atoms with Gasteiger partial charge in [-0.05, 0) is 31.9 Å². The van der Waals surface area contributed by atoms with Gasteiger partial charge in [0.15, 0.2) is 5.78 Å². The molecule has 3 rings (SSSR count). The number of rotatable bonds is 8. The van der Waals surface area contributed by atoms with E-state index in [4.69, 9.17) is 9.47 Å². The Hall–Kier alpha value is -2.11. The maximum absolute atomic E-state index is 12.1. The molecule has 5 nitrogen and oxygen atoms in total. The van der Waals surface area contributed by atoms with Crippen LogP contribution in [0.4, 0.5) is 0 Å². The molecule has 1 aliphatic rings. The minimum atomic E-state index is 0.0394. The first-order chi connectivity index (χ1) is 12.7. The number of morpholine rings is 1. The van der Waals surface area contributed by atoms with Crippen LogP contribution in [0.25, 0.3) is 11.3 Å². The average molecular weight is 356 g/mol. The maximum atomic E-state index is 12.1. The topological polar surface area (TPSA) is 43.7 Å². The van der Waals surface area contributed by atoms with Crippen molar-refractivity contribution in [2.24, 2.45) is 0 Å². The van der Waals surface area contributed by atoms with E-state index in [2.05, 4.69) is 21.6 Å². The van der Waals surface area contributed by atoms with Crippen molar-refractivity contribution in [2.75, 3.05) is 39.5 Å². The number of carbonyl (C=O) groups is 1. The maximum Gasteiger partial charge on any atom is 0.205 e.